The molecule has 3 aromatic rings. The molecule has 0 aliphatic carbocycles. The maximum Gasteiger partial charge on any atom is 0.325 e. The molecule has 0 saturated carbocycles. The van der Waals surface area contributed by atoms with Gasteiger partial charge in [0.15, 0.2) is 11.6 Å². The number of benzene rings is 3. The van der Waals surface area contributed by atoms with Gasteiger partial charge in [-0.3, -0.25) is 29.0 Å². The van der Waals surface area contributed by atoms with Gasteiger partial charge in [0, 0.05) is 25.2 Å². The van der Waals surface area contributed by atoms with Crippen molar-refractivity contribution in [3.63, 3.8) is 0 Å². The Morgan fingerprint density at radius 2 is 1.30 bits per heavy atom. The van der Waals surface area contributed by atoms with Crippen LogP contribution in [0.4, 0.5) is 19.3 Å². The first-order valence-electron chi connectivity index (χ1n) is 12.7. The van der Waals surface area contributed by atoms with E-state index >= 15 is 0 Å². The normalized spacial score (nSPS) is 20.6. The number of halogens is 2. The Bertz CT molecular complexity index is 1590. The molecule has 3 aromatic carbocycles. The van der Waals surface area contributed by atoms with Crippen LogP contribution in [0.2, 0.25) is 0 Å². The molecule has 1 saturated heterocycles. The Hall–Kier alpha value is -5.37. The predicted molar refractivity (Wildman–Crippen MR) is 148 cm³/mol. The van der Waals surface area contributed by atoms with Crippen molar-refractivity contribution in [2.75, 3.05) is 18.5 Å². The maximum absolute atomic E-state index is 14.6. The van der Waals surface area contributed by atoms with Crippen LogP contribution in [-0.4, -0.2) is 58.8 Å². The SMILES string of the molecule is CN(C(=O)N1CC(c2ccc(F)c(F)c2)C(O)(c2ccccc2)C(C(N)=O)(C(N)=O)C1(C(N)=O)C(N)=O)c1ccccc1. The minimum Gasteiger partial charge on any atom is -0.383 e. The Morgan fingerprint density at radius 1 is 0.791 bits per heavy atom. The molecule has 1 heterocycles. The number of rotatable bonds is 7. The van der Waals surface area contributed by atoms with Crippen LogP contribution in [0.3, 0.4) is 0 Å². The minimum atomic E-state index is -3.61. The third-order valence-electron chi connectivity index (χ3n) is 8.06. The molecule has 224 valence electrons. The van der Waals surface area contributed by atoms with Crippen molar-refractivity contribution in [2.45, 2.75) is 17.1 Å². The van der Waals surface area contributed by atoms with E-state index in [0.29, 0.717) is 17.0 Å². The summed E-state index contributed by atoms with van der Waals surface area (Å²) >= 11 is 0. The summed E-state index contributed by atoms with van der Waals surface area (Å²) in [5.74, 6) is -11.8. The van der Waals surface area contributed by atoms with Crippen molar-refractivity contribution >= 4 is 35.3 Å². The second-order valence-electron chi connectivity index (χ2n) is 10.1. The van der Waals surface area contributed by atoms with E-state index in [1.54, 1.807) is 18.2 Å². The number of carbonyl (C=O) groups is 5. The van der Waals surface area contributed by atoms with Gasteiger partial charge in [-0.15, -0.1) is 0 Å². The van der Waals surface area contributed by atoms with Gasteiger partial charge < -0.3 is 28.0 Å². The molecule has 1 fully saturated rings. The summed E-state index contributed by atoms with van der Waals surface area (Å²) in [4.78, 5) is 70.1. The highest BCUT2D eigenvalue weighted by Crippen LogP contribution is 2.60. The molecule has 1 aliphatic heterocycles. The molecule has 4 rings (SSSR count). The highest BCUT2D eigenvalue weighted by Gasteiger charge is 2.83. The fourth-order valence-corrected chi connectivity index (χ4v) is 6.15. The Kier molecular flexibility index (Phi) is 7.68. The number of hydrogen-bond donors (Lipinski definition) is 5. The van der Waals surface area contributed by atoms with E-state index in [9.17, 15) is 37.9 Å². The zero-order valence-electron chi connectivity index (χ0n) is 22.7. The summed E-state index contributed by atoms with van der Waals surface area (Å²) in [7, 11) is 1.24. The van der Waals surface area contributed by atoms with Gasteiger partial charge in [-0.05, 0) is 35.4 Å². The topological polar surface area (TPSA) is 216 Å². The lowest BCUT2D eigenvalue weighted by molar-refractivity contribution is -0.211. The van der Waals surface area contributed by atoms with Gasteiger partial charge in [-0.2, -0.15) is 0 Å². The second kappa shape index (κ2) is 10.8. The fourth-order valence-electron chi connectivity index (χ4n) is 6.15. The zero-order valence-corrected chi connectivity index (χ0v) is 22.7. The number of carbonyl (C=O) groups excluding carboxylic acids is 5. The van der Waals surface area contributed by atoms with Gasteiger partial charge in [0.05, 0.1) is 0 Å². The number of nitrogens with two attached hydrogens (primary N) is 4. The largest absolute Gasteiger partial charge is 0.383 e. The van der Waals surface area contributed by atoms with Crippen LogP contribution < -0.4 is 27.8 Å². The van der Waals surface area contributed by atoms with Crippen LogP contribution >= 0.6 is 0 Å². The standard InChI is InChI=1S/C29H28F2N6O6/c1-36(18-10-6-3-7-11-18)26(42)37-15-19(16-12-13-20(30)21(31)14-16)29(43,17-8-4-2-5-9-17)27(22(32)38,23(33)39)28(37,24(34)40)25(35)41/h2-14,19,43H,15H2,1H3,(H2,32,38)(H2,33,39)(H2,34,40)(H2,35,41). The van der Waals surface area contributed by atoms with Crippen molar-refractivity contribution in [1.82, 2.24) is 4.90 Å². The number of hydrogen-bond acceptors (Lipinski definition) is 6. The second-order valence-corrected chi connectivity index (χ2v) is 10.1. The van der Waals surface area contributed by atoms with Gasteiger partial charge in [-0.25, -0.2) is 13.6 Å². The lowest BCUT2D eigenvalue weighted by Gasteiger charge is -2.61. The van der Waals surface area contributed by atoms with E-state index in [0.717, 1.165) is 11.0 Å². The minimum absolute atomic E-state index is 0.215. The quantitative estimate of drug-likeness (QED) is 0.240. The van der Waals surface area contributed by atoms with Crippen LogP contribution in [0, 0.1) is 17.0 Å². The first kappa shape index (κ1) is 30.6. The molecular formula is C29H28F2N6O6. The summed E-state index contributed by atoms with van der Waals surface area (Å²) < 4.78 is 28.7. The Balaban J connectivity index is 2.22. The van der Waals surface area contributed by atoms with Gasteiger partial charge in [0.1, 0.15) is 5.60 Å². The van der Waals surface area contributed by atoms with E-state index < -0.39 is 70.3 Å². The number of nitrogens with zero attached hydrogens (tertiary/aromatic N) is 2. The molecule has 14 heteroatoms. The number of urea groups is 1. The molecule has 12 nitrogen and oxygen atoms in total. The van der Waals surface area contributed by atoms with Gasteiger partial charge in [-0.1, -0.05) is 54.6 Å². The molecule has 0 spiro atoms. The van der Waals surface area contributed by atoms with Crippen molar-refractivity contribution in [3.8, 4) is 0 Å². The number of piperidine rings is 1. The molecular weight excluding hydrogens is 566 g/mol. The lowest BCUT2D eigenvalue weighted by Crippen LogP contribution is -2.88. The first-order valence-corrected chi connectivity index (χ1v) is 12.7. The van der Waals surface area contributed by atoms with Crippen LogP contribution in [-0.2, 0) is 24.8 Å². The third kappa shape index (κ3) is 4.09. The highest BCUT2D eigenvalue weighted by atomic mass is 19.2. The molecule has 2 unspecified atom stereocenters. The van der Waals surface area contributed by atoms with E-state index in [-0.39, 0.29) is 16.8 Å². The van der Waals surface area contributed by atoms with Gasteiger partial charge in [0.2, 0.25) is 22.8 Å². The van der Waals surface area contributed by atoms with Crippen molar-refractivity contribution in [3.05, 3.63) is 102 Å². The van der Waals surface area contributed by atoms with Crippen LogP contribution in [0.5, 0.6) is 0 Å². The summed E-state index contributed by atoms with van der Waals surface area (Å²) in [5, 5.41) is 12.8. The third-order valence-corrected chi connectivity index (χ3v) is 8.06. The van der Waals surface area contributed by atoms with E-state index in [4.69, 9.17) is 22.9 Å². The van der Waals surface area contributed by atoms with Crippen LogP contribution in [0.25, 0.3) is 0 Å². The fraction of sp³-hybridized carbons (Fsp3) is 0.207. The van der Waals surface area contributed by atoms with Crippen molar-refractivity contribution < 1.29 is 37.9 Å². The van der Waals surface area contributed by atoms with Crippen LogP contribution in [0.1, 0.15) is 17.0 Å². The summed E-state index contributed by atoms with van der Waals surface area (Å²) in [6.45, 7) is -0.902. The molecule has 0 radical (unpaired) electrons. The number of para-hydroxylation sites is 1. The average Bonchev–Trinajstić information content (AvgIpc) is 2.97. The summed E-state index contributed by atoms with van der Waals surface area (Å²) in [6.07, 6.45) is 0. The Morgan fingerprint density at radius 3 is 1.77 bits per heavy atom. The van der Waals surface area contributed by atoms with E-state index in [2.05, 4.69) is 0 Å². The van der Waals surface area contributed by atoms with Crippen molar-refractivity contribution in [1.29, 1.82) is 0 Å². The molecule has 2 atom stereocenters. The zero-order chi connectivity index (χ0) is 31.9. The number of anilines is 1. The maximum atomic E-state index is 14.6. The first-order chi connectivity index (χ1) is 20.2. The molecule has 0 aromatic heterocycles. The van der Waals surface area contributed by atoms with Gasteiger partial charge >= 0.3 is 6.03 Å². The molecule has 9 N–H and O–H groups in total. The molecule has 1 aliphatic rings. The van der Waals surface area contributed by atoms with E-state index in [1.165, 1.54) is 49.5 Å². The van der Waals surface area contributed by atoms with Gasteiger partial charge in [0.25, 0.3) is 11.8 Å². The van der Waals surface area contributed by atoms with E-state index in [1.807, 2.05) is 0 Å². The lowest BCUT2D eigenvalue weighted by atomic mass is 9.48. The smallest absolute Gasteiger partial charge is 0.325 e. The number of likely N-dealkylation sites (tertiary alicyclic amines) is 1. The highest BCUT2D eigenvalue weighted by molar-refractivity contribution is 6.24. The summed E-state index contributed by atoms with van der Waals surface area (Å²) in [6, 6.07) is 15.6. The Labute approximate surface area is 243 Å². The summed E-state index contributed by atoms with van der Waals surface area (Å²) in [5.41, 5.74) is 12.5. The average molecular weight is 595 g/mol. The number of aliphatic hydroxyl groups is 1. The predicted octanol–water partition coefficient (Wildman–Crippen LogP) is 0.175. The molecule has 6 amide bonds. The number of primary amides is 4. The molecule has 43 heavy (non-hydrogen) atoms. The number of amides is 6. The molecule has 0 bridgehead atoms. The van der Waals surface area contributed by atoms with Crippen molar-refractivity contribution in [2.24, 2.45) is 28.3 Å². The van der Waals surface area contributed by atoms with Crippen LogP contribution in [0.15, 0.2) is 78.9 Å². The monoisotopic (exact) mass is 594 g/mol.